The highest BCUT2D eigenvalue weighted by molar-refractivity contribution is 5.68. The van der Waals surface area contributed by atoms with E-state index in [-0.39, 0.29) is 18.2 Å². The Morgan fingerprint density at radius 3 is 2.37 bits per heavy atom. The third-order valence-corrected chi connectivity index (χ3v) is 3.64. The van der Waals surface area contributed by atoms with Gasteiger partial charge in [0.1, 0.15) is 5.60 Å². The lowest BCUT2D eigenvalue weighted by atomic mass is 9.93. The summed E-state index contributed by atoms with van der Waals surface area (Å²) < 4.78 is 5.23. The minimum atomic E-state index is -0.443. The van der Waals surface area contributed by atoms with E-state index in [0.29, 0.717) is 12.1 Å². The molecule has 2 saturated carbocycles. The highest BCUT2D eigenvalue weighted by Crippen LogP contribution is 2.26. The van der Waals surface area contributed by atoms with Crippen molar-refractivity contribution in [3.63, 3.8) is 0 Å². The van der Waals surface area contributed by atoms with Crippen molar-refractivity contribution in [3.8, 4) is 0 Å². The number of carbonyl (C=O) groups is 1. The molecule has 19 heavy (non-hydrogen) atoms. The largest absolute Gasteiger partial charge is 0.444 e. The number of amides is 1. The number of rotatable bonds is 3. The van der Waals surface area contributed by atoms with Crippen molar-refractivity contribution in [1.29, 1.82) is 0 Å². The Morgan fingerprint density at radius 2 is 1.79 bits per heavy atom. The molecule has 0 spiro atoms. The Balaban J connectivity index is 1.63. The van der Waals surface area contributed by atoms with Crippen LogP contribution in [0.15, 0.2) is 0 Å². The number of aliphatic hydroxyl groups excluding tert-OH is 1. The SMILES string of the molecule is CC(C)(C)OC(=O)NC1CC1NC1CCC(O)CC1. The topological polar surface area (TPSA) is 70.6 Å². The van der Waals surface area contributed by atoms with Crippen LogP contribution in [0.3, 0.4) is 0 Å². The van der Waals surface area contributed by atoms with Gasteiger partial charge in [0.25, 0.3) is 0 Å². The zero-order valence-electron chi connectivity index (χ0n) is 12.1. The van der Waals surface area contributed by atoms with Gasteiger partial charge < -0.3 is 20.5 Å². The number of carbonyl (C=O) groups excluding carboxylic acids is 1. The van der Waals surface area contributed by atoms with Crippen LogP contribution >= 0.6 is 0 Å². The first-order valence-electron chi connectivity index (χ1n) is 7.27. The van der Waals surface area contributed by atoms with Crippen LogP contribution in [0, 0.1) is 0 Å². The summed E-state index contributed by atoms with van der Waals surface area (Å²) in [6.45, 7) is 5.59. The molecule has 2 atom stereocenters. The molecule has 0 aromatic heterocycles. The highest BCUT2D eigenvalue weighted by atomic mass is 16.6. The van der Waals surface area contributed by atoms with Crippen LogP contribution in [0.25, 0.3) is 0 Å². The molecule has 1 amide bonds. The zero-order valence-corrected chi connectivity index (χ0v) is 12.1. The molecular weight excluding hydrogens is 244 g/mol. The molecule has 0 aromatic rings. The molecule has 2 rings (SSSR count). The van der Waals surface area contributed by atoms with E-state index in [2.05, 4.69) is 10.6 Å². The molecule has 5 nitrogen and oxygen atoms in total. The molecular formula is C14H26N2O3. The van der Waals surface area contributed by atoms with Gasteiger partial charge in [-0.2, -0.15) is 0 Å². The van der Waals surface area contributed by atoms with Crippen molar-refractivity contribution >= 4 is 6.09 Å². The van der Waals surface area contributed by atoms with E-state index in [1.165, 1.54) is 0 Å². The lowest BCUT2D eigenvalue weighted by Gasteiger charge is -2.26. The number of hydrogen-bond acceptors (Lipinski definition) is 4. The van der Waals surface area contributed by atoms with Crippen molar-refractivity contribution in [2.75, 3.05) is 0 Å². The average Bonchev–Trinajstić information content (AvgIpc) is 2.97. The van der Waals surface area contributed by atoms with Crippen LogP contribution in [-0.4, -0.2) is 41.0 Å². The maximum absolute atomic E-state index is 11.6. The van der Waals surface area contributed by atoms with Crippen molar-refractivity contribution < 1.29 is 14.6 Å². The molecule has 0 bridgehead atoms. The molecule has 2 aliphatic rings. The van der Waals surface area contributed by atoms with Gasteiger partial charge in [-0.25, -0.2) is 4.79 Å². The molecule has 0 aromatic carbocycles. The summed E-state index contributed by atoms with van der Waals surface area (Å²) in [6.07, 6.45) is 4.34. The van der Waals surface area contributed by atoms with E-state index in [0.717, 1.165) is 32.1 Å². The van der Waals surface area contributed by atoms with Gasteiger partial charge in [-0.05, 0) is 52.9 Å². The molecule has 2 aliphatic carbocycles. The van der Waals surface area contributed by atoms with Gasteiger partial charge in [0.2, 0.25) is 0 Å². The second-order valence-electron chi connectivity index (χ2n) is 6.77. The van der Waals surface area contributed by atoms with E-state index in [1.54, 1.807) is 0 Å². The van der Waals surface area contributed by atoms with Gasteiger partial charge in [0.05, 0.1) is 6.10 Å². The Morgan fingerprint density at radius 1 is 1.16 bits per heavy atom. The third kappa shape index (κ3) is 4.99. The smallest absolute Gasteiger partial charge is 0.407 e. The van der Waals surface area contributed by atoms with Crippen molar-refractivity contribution in [2.45, 2.75) is 82.7 Å². The van der Waals surface area contributed by atoms with Gasteiger partial charge in [-0.3, -0.25) is 0 Å². The van der Waals surface area contributed by atoms with Gasteiger partial charge >= 0.3 is 6.09 Å². The normalized spacial score (nSPS) is 34.7. The third-order valence-electron chi connectivity index (χ3n) is 3.64. The summed E-state index contributed by atoms with van der Waals surface area (Å²) in [6, 6.07) is 1.05. The summed E-state index contributed by atoms with van der Waals surface area (Å²) >= 11 is 0. The van der Waals surface area contributed by atoms with Crippen LogP contribution < -0.4 is 10.6 Å². The number of ether oxygens (including phenoxy) is 1. The number of hydrogen-bond donors (Lipinski definition) is 3. The van der Waals surface area contributed by atoms with Crippen LogP contribution in [0.1, 0.15) is 52.9 Å². The Kier molecular flexibility index (Phi) is 4.36. The monoisotopic (exact) mass is 270 g/mol. The van der Waals surface area contributed by atoms with E-state index in [4.69, 9.17) is 4.74 Å². The van der Waals surface area contributed by atoms with E-state index < -0.39 is 5.60 Å². The average molecular weight is 270 g/mol. The van der Waals surface area contributed by atoms with E-state index in [9.17, 15) is 9.90 Å². The minimum absolute atomic E-state index is 0.118. The van der Waals surface area contributed by atoms with Crippen molar-refractivity contribution in [1.82, 2.24) is 10.6 Å². The molecule has 110 valence electrons. The standard InChI is InChI=1S/C14H26N2O3/c1-14(2,3)19-13(18)16-12-8-11(12)15-9-4-6-10(17)7-5-9/h9-12,15,17H,4-8H2,1-3H3,(H,16,18). The zero-order chi connectivity index (χ0) is 14.0. The molecule has 0 saturated heterocycles. The van der Waals surface area contributed by atoms with Crippen LogP contribution in [0.4, 0.5) is 4.79 Å². The number of alkyl carbamates (subject to hydrolysis) is 1. The van der Waals surface area contributed by atoms with E-state index >= 15 is 0 Å². The molecule has 2 unspecified atom stereocenters. The lowest BCUT2D eigenvalue weighted by molar-refractivity contribution is 0.0521. The van der Waals surface area contributed by atoms with Crippen molar-refractivity contribution in [2.24, 2.45) is 0 Å². The van der Waals surface area contributed by atoms with Gasteiger partial charge in [-0.1, -0.05) is 0 Å². The number of nitrogens with one attached hydrogen (secondary N) is 2. The maximum Gasteiger partial charge on any atom is 0.407 e. The predicted octanol–water partition coefficient (Wildman–Crippen LogP) is 1.55. The summed E-state index contributed by atoms with van der Waals surface area (Å²) in [5, 5.41) is 15.9. The fraction of sp³-hybridized carbons (Fsp3) is 0.929. The Bertz CT molecular complexity index is 319. The predicted molar refractivity (Wildman–Crippen MR) is 73.0 cm³/mol. The molecule has 0 heterocycles. The summed E-state index contributed by atoms with van der Waals surface area (Å²) in [5.74, 6) is 0. The number of aliphatic hydroxyl groups is 1. The molecule has 0 aliphatic heterocycles. The minimum Gasteiger partial charge on any atom is -0.444 e. The molecule has 3 N–H and O–H groups in total. The molecule has 5 heteroatoms. The van der Waals surface area contributed by atoms with Crippen LogP contribution in [0.2, 0.25) is 0 Å². The first-order valence-corrected chi connectivity index (χ1v) is 7.27. The lowest BCUT2D eigenvalue weighted by Crippen LogP contribution is -2.41. The van der Waals surface area contributed by atoms with Crippen LogP contribution in [-0.2, 0) is 4.74 Å². The highest BCUT2D eigenvalue weighted by Gasteiger charge is 2.40. The van der Waals surface area contributed by atoms with Crippen molar-refractivity contribution in [3.05, 3.63) is 0 Å². The maximum atomic E-state index is 11.6. The van der Waals surface area contributed by atoms with Gasteiger partial charge in [0.15, 0.2) is 0 Å². The van der Waals surface area contributed by atoms with E-state index in [1.807, 2.05) is 20.8 Å². The molecule has 0 radical (unpaired) electrons. The molecule has 2 fully saturated rings. The second kappa shape index (κ2) is 5.67. The Labute approximate surface area is 115 Å². The fourth-order valence-corrected chi connectivity index (χ4v) is 2.54. The summed E-state index contributed by atoms with van der Waals surface area (Å²) in [5.41, 5.74) is -0.443. The fourth-order valence-electron chi connectivity index (χ4n) is 2.54. The first kappa shape index (κ1) is 14.6. The van der Waals surface area contributed by atoms with Gasteiger partial charge in [-0.15, -0.1) is 0 Å². The van der Waals surface area contributed by atoms with Crippen LogP contribution in [0.5, 0.6) is 0 Å². The quantitative estimate of drug-likeness (QED) is 0.727. The second-order valence-corrected chi connectivity index (χ2v) is 6.77. The van der Waals surface area contributed by atoms with Gasteiger partial charge in [0, 0.05) is 18.1 Å². The first-order chi connectivity index (χ1) is 8.83. The Hall–Kier alpha value is -0.810. The summed E-state index contributed by atoms with van der Waals surface area (Å²) in [4.78, 5) is 11.6. The summed E-state index contributed by atoms with van der Waals surface area (Å²) in [7, 11) is 0.